The van der Waals surface area contributed by atoms with Gasteiger partial charge in [0.05, 0.1) is 28.4 Å². The maximum Gasteiger partial charge on any atom is 0.188 e. The van der Waals surface area contributed by atoms with Crippen LogP contribution in [0.5, 0.6) is 23.0 Å². The normalized spacial score (nSPS) is 12.6. The lowest BCUT2D eigenvalue weighted by atomic mass is 9.73. The van der Waals surface area contributed by atoms with Gasteiger partial charge in [0.15, 0.2) is 11.6 Å². The molecular formula is C26H35O6P. The lowest BCUT2D eigenvalue weighted by Gasteiger charge is -2.37. The molecule has 0 saturated heterocycles. The summed E-state index contributed by atoms with van der Waals surface area (Å²) in [6, 6.07) is 10.2. The predicted octanol–water partition coefficient (Wildman–Crippen LogP) is 5.47. The average Bonchev–Trinajstić information content (AvgIpc) is 2.79. The minimum atomic E-state index is -1.53. The SMILES string of the molecule is COc1cccc(OC)c1C(=O)C(P)(C(=O)c1c(OC)cccc1OC)C(C)CC(C)(C)C. The topological polar surface area (TPSA) is 71.1 Å². The van der Waals surface area contributed by atoms with Crippen LogP contribution in [0.2, 0.25) is 0 Å². The number of benzene rings is 2. The Hall–Kier alpha value is -2.59. The van der Waals surface area contributed by atoms with Crippen LogP contribution in [0.3, 0.4) is 0 Å². The number of methoxy groups -OCH3 is 4. The zero-order valence-corrected chi connectivity index (χ0v) is 21.9. The number of hydrogen-bond acceptors (Lipinski definition) is 6. The van der Waals surface area contributed by atoms with E-state index in [2.05, 4.69) is 30.0 Å². The van der Waals surface area contributed by atoms with E-state index in [0.29, 0.717) is 29.4 Å². The van der Waals surface area contributed by atoms with Gasteiger partial charge < -0.3 is 18.9 Å². The van der Waals surface area contributed by atoms with Crippen molar-refractivity contribution in [3.8, 4) is 23.0 Å². The number of Topliss-reactive ketones (excluding diaryl/α,β-unsaturated/α-hetero) is 2. The van der Waals surface area contributed by atoms with Crippen molar-refractivity contribution in [3.05, 3.63) is 47.5 Å². The Morgan fingerprint density at radius 1 is 0.758 bits per heavy atom. The summed E-state index contributed by atoms with van der Waals surface area (Å²) in [5.41, 5.74) is 0.318. The number of ether oxygens (including phenoxy) is 4. The zero-order valence-electron chi connectivity index (χ0n) is 20.8. The average molecular weight is 475 g/mol. The van der Waals surface area contributed by atoms with E-state index < -0.39 is 16.7 Å². The Kier molecular flexibility index (Phi) is 8.53. The molecule has 0 aliphatic heterocycles. The molecule has 0 spiro atoms. The summed E-state index contributed by atoms with van der Waals surface area (Å²) < 4.78 is 22.0. The first-order chi connectivity index (χ1) is 15.5. The first kappa shape index (κ1) is 26.7. The molecule has 2 aromatic carbocycles. The number of carbonyl (C=O) groups excluding carboxylic acids is 2. The van der Waals surface area contributed by atoms with E-state index in [4.69, 9.17) is 18.9 Å². The van der Waals surface area contributed by atoms with Crippen molar-refractivity contribution in [2.75, 3.05) is 28.4 Å². The Labute approximate surface area is 199 Å². The van der Waals surface area contributed by atoms with Gasteiger partial charge in [-0.1, -0.05) is 39.8 Å². The van der Waals surface area contributed by atoms with Gasteiger partial charge in [-0.3, -0.25) is 9.59 Å². The molecule has 0 fully saturated rings. The van der Waals surface area contributed by atoms with Gasteiger partial charge in [-0.2, -0.15) is 0 Å². The summed E-state index contributed by atoms with van der Waals surface area (Å²) in [5, 5.41) is -1.53. The molecule has 2 atom stereocenters. The van der Waals surface area contributed by atoms with Gasteiger partial charge in [-0.25, -0.2) is 0 Å². The zero-order chi connectivity index (χ0) is 25.0. The van der Waals surface area contributed by atoms with Crippen LogP contribution in [0.4, 0.5) is 0 Å². The fourth-order valence-corrected chi connectivity index (χ4v) is 4.60. The summed E-state index contributed by atoms with van der Waals surface area (Å²) in [6.07, 6.45) is 0.614. The third kappa shape index (κ3) is 5.33. The van der Waals surface area contributed by atoms with Crippen LogP contribution in [0.1, 0.15) is 54.8 Å². The molecular weight excluding hydrogens is 439 g/mol. The summed E-state index contributed by atoms with van der Waals surface area (Å²) in [6.45, 7) is 8.16. The molecule has 0 bridgehead atoms. The third-order valence-electron chi connectivity index (χ3n) is 5.76. The highest BCUT2D eigenvalue weighted by molar-refractivity contribution is 7.23. The molecule has 0 radical (unpaired) electrons. The second-order valence-electron chi connectivity index (χ2n) is 9.27. The van der Waals surface area contributed by atoms with Gasteiger partial charge in [0, 0.05) is 0 Å². The summed E-state index contributed by atoms with van der Waals surface area (Å²) in [4.78, 5) is 28.6. The van der Waals surface area contributed by atoms with Crippen LogP contribution in [0.15, 0.2) is 36.4 Å². The standard InChI is InChI=1S/C26H35O6P/c1-16(15-25(2,3)4)26(33,23(27)21-17(29-5)11-9-12-18(21)30-6)24(28)22-19(31-7)13-10-14-20(22)32-8/h9-14,16H,15,33H2,1-8H3. The van der Waals surface area contributed by atoms with E-state index in [1.54, 1.807) is 36.4 Å². The van der Waals surface area contributed by atoms with Crippen molar-refractivity contribution < 1.29 is 28.5 Å². The van der Waals surface area contributed by atoms with E-state index in [1.165, 1.54) is 28.4 Å². The number of hydrogen-bond donors (Lipinski definition) is 0. The Bertz CT molecular complexity index is 896. The largest absolute Gasteiger partial charge is 0.496 e. The van der Waals surface area contributed by atoms with Crippen molar-refractivity contribution >= 4 is 20.8 Å². The lowest BCUT2D eigenvalue weighted by molar-refractivity contribution is 0.0769. The van der Waals surface area contributed by atoms with Gasteiger partial charge in [0.1, 0.15) is 39.3 Å². The van der Waals surface area contributed by atoms with E-state index in [1.807, 2.05) is 6.92 Å². The van der Waals surface area contributed by atoms with Crippen molar-refractivity contribution in [3.63, 3.8) is 0 Å². The van der Waals surface area contributed by atoms with Crippen molar-refractivity contribution in [2.24, 2.45) is 11.3 Å². The van der Waals surface area contributed by atoms with E-state index in [-0.39, 0.29) is 22.5 Å². The highest BCUT2D eigenvalue weighted by Gasteiger charge is 2.50. The van der Waals surface area contributed by atoms with E-state index in [0.717, 1.165) is 0 Å². The molecule has 0 N–H and O–H groups in total. The van der Waals surface area contributed by atoms with Crippen LogP contribution in [-0.4, -0.2) is 45.2 Å². The molecule has 2 rings (SSSR count). The van der Waals surface area contributed by atoms with Crippen LogP contribution in [0, 0.1) is 11.3 Å². The fourth-order valence-electron chi connectivity index (χ4n) is 4.19. The van der Waals surface area contributed by atoms with Gasteiger partial charge in [0.25, 0.3) is 0 Å². The van der Waals surface area contributed by atoms with Crippen molar-refractivity contribution in [1.29, 1.82) is 0 Å². The summed E-state index contributed by atoms with van der Waals surface area (Å²) in [7, 11) is 8.51. The maximum absolute atomic E-state index is 14.3. The molecule has 0 heterocycles. The lowest BCUT2D eigenvalue weighted by Crippen LogP contribution is -2.48. The monoisotopic (exact) mass is 474 g/mol. The molecule has 2 unspecified atom stereocenters. The predicted molar refractivity (Wildman–Crippen MR) is 133 cm³/mol. The molecule has 0 saturated carbocycles. The summed E-state index contributed by atoms with van der Waals surface area (Å²) in [5.74, 6) is 0.199. The van der Waals surface area contributed by atoms with Gasteiger partial charge >= 0.3 is 0 Å². The quantitative estimate of drug-likeness (QED) is 0.258. The van der Waals surface area contributed by atoms with Crippen LogP contribution in [-0.2, 0) is 0 Å². The Morgan fingerprint density at radius 2 is 1.06 bits per heavy atom. The molecule has 0 aliphatic rings. The van der Waals surface area contributed by atoms with Crippen LogP contribution >= 0.6 is 9.24 Å². The van der Waals surface area contributed by atoms with Gasteiger partial charge in [-0.05, 0) is 42.0 Å². The third-order valence-corrected chi connectivity index (χ3v) is 6.85. The molecule has 0 aromatic heterocycles. The molecule has 6 nitrogen and oxygen atoms in total. The maximum atomic E-state index is 14.3. The van der Waals surface area contributed by atoms with Crippen molar-refractivity contribution in [1.82, 2.24) is 0 Å². The van der Waals surface area contributed by atoms with Gasteiger partial charge in [-0.15, -0.1) is 9.24 Å². The smallest absolute Gasteiger partial charge is 0.188 e. The van der Waals surface area contributed by atoms with E-state index in [9.17, 15) is 9.59 Å². The second-order valence-corrected chi connectivity index (χ2v) is 10.2. The molecule has 0 aliphatic carbocycles. The molecule has 0 amide bonds. The summed E-state index contributed by atoms with van der Waals surface area (Å²) >= 11 is 0. The van der Waals surface area contributed by atoms with E-state index >= 15 is 0 Å². The number of ketones is 2. The number of rotatable bonds is 10. The minimum Gasteiger partial charge on any atom is -0.496 e. The highest BCUT2D eigenvalue weighted by Crippen LogP contribution is 2.46. The van der Waals surface area contributed by atoms with Crippen molar-refractivity contribution in [2.45, 2.75) is 39.3 Å². The minimum absolute atomic E-state index is 0.127. The Morgan fingerprint density at radius 3 is 1.30 bits per heavy atom. The number of carbonyl (C=O) groups is 2. The molecule has 33 heavy (non-hydrogen) atoms. The first-order valence-corrected chi connectivity index (χ1v) is 11.3. The molecule has 180 valence electrons. The Balaban J connectivity index is 2.83. The second kappa shape index (κ2) is 10.6. The highest BCUT2D eigenvalue weighted by atomic mass is 31.0. The first-order valence-electron chi connectivity index (χ1n) is 10.8. The van der Waals surface area contributed by atoms with Crippen LogP contribution < -0.4 is 18.9 Å². The molecule has 2 aromatic rings. The van der Waals surface area contributed by atoms with Crippen LogP contribution in [0.25, 0.3) is 0 Å². The molecule has 7 heteroatoms. The fraction of sp³-hybridized carbons (Fsp3) is 0.462. The van der Waals surface area contributed by atoms with Gasteiger partial charge in [0.2, 0.25) is 0 Å².